The van der Waals surface area contributed by atoms with Gasteiger partial charge in [0.25, 0.3) is 17.4 Å². The molecule has 0 radical (unpaired) electrons. The van der Waals surface area contributed by atoms with Gasteiger partial charge in [-0.15, -0.1) is 0 Å². The lowest BCUT2D eigenvalue weighted by Gasteiger charge is -2.33. The van der Waals surface area contributed by atoms with Gasteiger partial charge in [-0.2, -0.15) is 0 Å². The van der Waals surface area contributed by atoms with E-state index in [-0.39, 0.29) is 6.54 Å². The SMILES string of the molecule is COc1cccc(CNC(=O)[C@]2(C)Oc3ccc(C)cc3NC2=O)c1. The van der Waals surface area contributed by atoms with Crippen molar-refractivity contribution < 1.29 is 19.1 Å². The zero-order chi connectivity index (χ0) is 18.0. The summed E-state index contributed by atoms with van der Waals surface area (Å²) in [7, 11) is 1.58. The average molecular weight is 340 g/mol. The van der Waals surface area contributed by atoms with Crippen LogP contribution in [0, 0.1) is 6.92 Å². The number of carbonyl (C=O) groups excluding carboxylic acids is 2. The van der Waals surface area contributed by atoms with E-state index in [9.17, 15) is 9.59 Å². The maximum absolute atomic E-state index is 12.6. The molecule has 1 atom stereocenters. The van der Waals surface area contributed by atoms with Crippen molar-refractivity contribution in [1.29, 1.82) is 0 Å². The van der Waals surface area contributed by atoms with Gasteiger partial charge in [0.1, 0.15) is 11.5 Å². The van der Waals surface area contributed by atoms with E-state index in [0.717, 1.165) is 11.1 Å². The molecule has 0 spiro atoms. The van der Waals surface area contributed by atoms with Crippen LogP contribution in [0.2, 0.25) is 0 Å². The van der Waals surface area contributed by atoms with E-state index in [1.54, 1.807) is 19.2 Å². The van der Waals surface area contributed by atoms with E-state index >= 15 is 0 Å². The summed E-state index contributed by atoms with van der Waals surface area (Å²) in [6.07, 6.45) is 0. The number of anilines is 1. The molecule has 2 amide bonds. The normalized spacial score (nSPS) is 18.6. The number of benzene rings is 2. The Hall–Kier alpha value is -3.02. The molecule has 1 heterocycles. The van der Waals surface area contributed by atoms with Gasteiger partial charge in [0.15, 0.2) is 0 Å². The number of fused-ring (bicyclic) bond motifs is 1. The Labute approximate surface area is 146 Å². The Balaban J connectivity index is 1.74. The minimum absolute atomic E-state index is 0.267. The van der Waals surface area contributed by atoms with E-state index in [1.165, 1.54) is 6.92 Å². The maximum atomic E-state index is 12.6. The van der Waals surface area contributed by atoms with E-state index in [4.69, 9.17) is 9.47 Å². The molecule has 0 unspecified atom stereocenters. The molecule has 6 nitrogen and oxygen atoms in total. The molecule has 3 rings (SSSR count). The van der Waals surface area contributed by atoms with Crippen LogP contribution in [0.4, 0.5) is 5.69 Å². The fraction of sp³-hybridized carbons (Fsp3) is 0.263. The van der Waals surface area contributed by atoms with Crippen LogP contribution in [-0.2, 0) is 16.1 Å². The van der Waals surface area contributed by atoms with Crippen LogP contribution >= 0.6 is 0 Å². The summed E-state index contributed by atoms with van der Waals surface area (Å²) in [6, 6.07) is 12.8. The smallest absolute Gasteiger partial charge is 0.278 e. The van der Waals surface area contributed by atoms with Gasteiger partial charge < -0.3 is 20.1 Å². The second-order valence-electron chi connectivity index (χ2n) is 6.12. The highest BCUT2D eigenvalue weighted by atomic mass is 16.5. The van der Waals surface area contributed by atoms with Gasteiger partial charge in [-0.25, -0.2) is 0 Å². The molecule has 0 bridgehead atoms. The average Bonchev–Trinajstić information content (AvgIpc) is 2.61. The molecule has 130 valence electrons. The van der Waals surface area contributed by atoms with Crippen LogP contribution in [0.3, 0.4) is 0 Å². The van der Waals surface area contributed by atoms with Gasteiger partial charge in [0.2, 0.25) is 0 Å². The Bertz CT molecular complexity index is 834. The molecule has 2 aromatic carbocycles. The van der Waals surface area contributed by atoms with Gasteiger partial charge in [-0.1, -0.05) is 18.2 Å². The second-order valence-corrected chi connectivity index (χ2v) is 6.12. The molecular weight excluding hydrogens is 320 g/mol. The predicted octanol–water partition coefficient (Wildman–Crippen LogP) is 2.41. The first kappa shape index (κ1) is 16.8. The van der Waals surface area contributed by atoms with E-state index in [1.807, 2.05) is 37.3 Å². The van der Waals surface area contributed by atoms with Crippen LogP contribution in [0.5, 0.6) is 11.5 Å². The summed E-state index contributed by atoms with van der Waals surface area (Å²) >= 11 is 0. The number of amides is 2. The Morgan fingerprint density at radius 2 is 2.08 bits per heavy atom. The van der Waals surface area contributed by atoms with Crippen LogP contribution in [0.25, 0.3) is 0 Å². The molecule has 0 fully saturated rings. The number of nitrogens with one attached hydrogen (secondary N) is 2. The first-order valence-electron chi connectivity index (χ1n) is 7.95. The first-order valence-corrected chi connectivity index (χ1v) is 7.95. The third-order valence-electron chi connectivity index (χ3n) is 4.15. The number of aryl methyl sites for hydroxylation is 1. The zero-order valence-electron chi connectivity index (χ0n) is 14.4. The third kappa shape index (κ3) is 3.28. The second kappa shape index (κ2) is 6.47. The summed E-state index contributed by atoms with van der Waals surface area (Å²) in [5.41, 5.74) is 0.807. The van der Waals surface area contributed by atoms with Crippen molar-refractivity contribution in [3.63, 3.8) is 0 Å². The summed E-state index contributed by atoms with van der Waals surface area (Å²) in [6.45, 7) is 3.65. The van der Waals surface area contributed by atoms with Crippen LogP contribution in [0.15, 0.2) is 42.5 Å². The largest absolute Gasteiger partial charge is 0.497 e. The van der Waals surface area contributed by atoms with E-state index in [0.29, 0.717) is 17.2 Å². The molecule has 2 N–H and O–H groups in total. The van der Waals surface area contributed by atoms with E-state index < -0.39 is 17.4 Å². The maximum Gasteiger partial charge on any atom is 0.278 e. The Morgan fingerprint density at radius 1 is 1.28 bits per heavy atom. The van der Waals surface area contributed by atoms with Crippen molar-refractivity contribution in [3.05, 3.63) is 53.6 Å². The van der Waals surface area contributed by atoms with Crippen molar-refractivity contribution in [2.24, 2.45) is 0 Å². The summed E-state index contributed by atoms with van der Waals surface area (Å²) in [5.74, 6) is 0.186. The fourth-order valence-electron chi connectivity index (χ4n) is 2.62. The van der Waals surface area contributed by atoms with Crippen molar-refractivity contribution in [2.75, 3.05) is 12.4 Å². The third-order valence-corrected chi connectivity index (χ3v) is 4.15. The number of carbonyl (C=O) groups is 2. The van der Waals surface area contributed by atoms with Crippen LogP contribution in [-0.4, -0.2) is 24.5 Å². The van der Waals surface area contributed by atoms with Crippen molar-refractivity contribution in [1.82, 2.24) is 5.32 Å². The monoisotopic (exact) mass is 340 g/mol. The number of rotatable bonds is 4. The lowest BCUT2D eigenvalue weighted by molar-refractivity contribution is -0.146. The quantitative estimate of drug-likeness (QED) is 0.838. The summed E-state index contributed by atoms with van der Waals surface area (Å²) < 4.78 is 10.9. The minimum atomic E-state index is -1.62. The van der Waals surface area contributed by atoms with Crippen LogP contribution in [0.1, 0.15) is 18.1 Å². The fourth-order valence-corrected chi connectivity index (χ4v) is 2.62. The Kier molecular flexibility index (Phi) is 4.35. The molecule has 0 aromatic heterocycles. The van der Waals surface area contributed by atoms with Gasteiger partial charge in [0.05, 0.1) is 12.8 Å². The van der Waals surface area contributed by atoms with E-state index in [2.05, 4.69) is 10.6 Å². The number of hydrogen-bond acceptors (Lipinski definition) is 4. The van der Waals surface area contributed by atoms with Gasteiger partial charge >= 0.3 is 0 Å². The number of hydrogen-bond donors (Lipinski definition) is 2. The van der Waals surface area contributed by atoms with Gasteiger partial charge in [0, 0.05) is 6.54 Å². The minimum Gasteiger partial charge on any atom is -0.497 e. The highest BCUT2D eigenvalue weighted by Crippen LogP contribution is 2.34. The molecular formula is C19H20N2O4. The zero-order valence-corrected chi connectivity index (χ0v) is 14.4. The van der Waals surface area contributed by atoms with Gasteiger partial charge in [-0.3, -0.25) is 9.59 Å². The lowest BCUT2D eigenvalue weighted by atomic mass is 10.0. The molecule has 2 aromatic rings. The van der Waals surface area contributed by atoms with Crippen molar-refractivity contribution >= 4 is 17.5 Å². The molecule has 0 saturated heterocycles. The van der Waals surface area contributed by atoms with Crippen LogP contribution < -0.4 is 20.1 Å². The Morgan fingerprint density at radius 3 is 2.84 bits per heavy atom. The highest BCUT2D eigenvalue weighted by Gasteiger charge is 2.47. The number of methoxy groups -OCH3 is 1. The van der Waals surface area contributed by atoms with Crippen molar-refractivity contribution in [2.45, 2.75) is 26.0 Å². The molecule has 6 heteroatoms. The lowest BCUT2D eigenvalue weighted by Crippen LogP contribution is -2.58. The molecule has 0 aliphatic carbocycles. The highest BCUT2D eigenvalue weighted by molar-refractivity contribution is 6.15. The molecule has 25 heavy (non-hydrogen) atoms. The molecule has 0 saturated carbocycles. The summed E-state index contributed by atoms with van der Waals surface area (Å²) in [5, 5.41) is 5.50. The van der Waals surface area contributed by atoms with Gasteiger partial charge in [-0.05, 0) is 49.2 Å². The number of ether oxygens (including phenoxy) is 2. The standard InChI is InChI=1S/C19H20N2O4/c1-12-7-8-16-15(9-12)21-18(23)19(2,25-16)17(22)20-11-13-5-4-6-14(10-13)24-3/h4-10H,11H2,1-3H3,(H,20,22)(H,21,23)/t19-/m0/s1. The predicted molar refractivity (Wildman–Crippen MR) is 93.7 cm³/mol. The molecule has 1 aliphatic rings. The molecule has 1 aliphatic heterocycles. The first-order chi connectivity index (χ1) is 11.9. The summed E-state index contributed by atoms with van der Waals surface area (Å²) in [4.78, 5) is 25.0. The topological polar surface area (TPSA) is 76.7 Å². The van der Waals surface area contributed by atoms with Crippen molar-refractivity contribution in [3.8, 4) is 11.5 Å².